The molecule has 0 aliphatic rings. The van der Waals surface area contributed by atoms with Crippen LogP contribution in [-0.4, -0.2) is 30.3 Å². The summed E-state index contributed by atoms with van der Waals surface area (Å²) in [6, 6.07) is 3.74. The molecule has 0 spiro atoms. The lowest BCUT2D eigenvalue weighted by Crippen LogP contribution is -2.06. The molecule has 0 saturated heterocycles. The fourth-order valence-corrected chi connectivity index (χ4v) is 2.00. The zero-order valence-corrected chi connectivity index (χ0v) is 11.4. The van der Waals surface area contributed by atoms with Crippen molar-refractivity contribution in [3.05, 3.63) is 12.1 Å². The number of fused-ring (bicyclic) bond motifs is 1. The van der Waals surface area contributed by atoms with Gasteiger partial charge in [-0.25, -0.2) is 4.98 Å². The van der Waals surface area contributed by atoms with Gasteiger partial charge in [0.05, 0.1) is 31.8 Å². The Hall–Kier alpha value is -2.35. The molecule has 5 heteroatoms. The molecule has 0 saturated carbocycles. The molecular weight excluding hydrogens is 242 g/mol. The molecule has 0 unspecified atom stereocenters. The third-order valence-electron chi connectivity index (χ3n) is 2.84. The molecule has 1 N–H and O–H groups in total. The zero-order chi connectivity index (χ0) is 13.8. The lowest BCUT2D eigenvalue weighted by molar-refractivity contribution is 0.355. The minimum Gasteiger partial charge on any atom is -0.493 e. The lowest BCUT2D eigenvalue weighted by atomic mass is 10.2. The summed E-state index contributed by atoms with van der Waals surface area (Å²) in [6.45, 7) is 3.25. The molecule has 1 aromatic carbocycles. The number of methoxy groups -OCH3 is 2. The highest BCUT2D eigenvalue weighted by molar-refractivity contribution is 5.83. The summed E-state index contributed by atoms with van der Waals surface area (Å²) in [5.74, 6) is 4.71. The van der Waals surface area contributed by atoms with E-state index in [4.69, 9.17) is 15.9 Å². The molecule has 1 aromatic heterocycles. The Bertz CT molecular complexity index is 626. The van der Waals surface area contributed by atoms with Gasteiger partial charge in [0, 0.05) is 18.7 Å². The van der Waals surface area contributed by atoms with E-state index in [1.807, 2.05) is 23.6 Å². The van der Waals surface area contributed by atoms with E-state index < -0.39 is 0 Å². The second kappa shape index (κ2) is 5.53. The van der Waals surface area contributed by atoms with Gasteiger partial charge in [0.2, 0.25) is 5.95 Å². The van der Waals surface area contributed by atoms with Crippen molar-refractivity contribution in [1.82, 2.24) is 9.55 Å². The number of nitrogens with zero attached hydrogens (tertiary/aromatic N) is 2. The first-order valence-electron chi connectivity index (χ1n) is 6.04. The Morgan fingerprint density at radius 2 is 2.00 bits per heavy atom. The molecule has 1 heterocycles. The molecule has 0 fully saturated rings. The average Bonchev–Trinajstić information content (AvgIpc) is 2.75. The topological polar surface area (TPSA) is 48.3 Å². The molecule has 100 valence electrons. The number of terminal acetylenes is 1. The Morgan fingerprint density at radius 1 is 1.32 bits per heavy atom. The van der Waals surface area contributed by atoms with Crippen LogP contribution < -0.4 is 14.8 Å². The largest absolute Gasteiger partial charge is 0.493 e. The third kappa shape index (κ3) is 2.29. The molecule has 0 aliphatic carbocycles. The molecule has 0 aliphatic heterocycles. The number of imidazole rings is 1. The highest BCUT2D eigenvalue weighted by Gasteiger charge is 2.14. The number of rotatable bonds is 5. The van der Waals surface area contributed by atoms with E-state index in [-0.39, 0.29) is 0 Å². The Labute approximate surface area is 112 Å². The van der Waals surface area contributed by atoms with Crippen molar-refractivity contribution in [3.63, 3.8) is 0 Å². The Balaban J connectivity index is 2.66. The average molecular weight is 259 g/mol. The van der Waals surface area contributed by atoms with Crippen LogP contribution in [0.15, 0.2) is 12.1 Å². The molecule has 0 atom stereocenters. The van der Waals surface area contributed by atoms with Crippen molar-refractivity contribution in [3.8, 4) is 23.8 Å². The highest BCUT2D eigenvalue weighted by Crippen LogP contribution is 2.33. The van der Waals surface area contributed by atoms with E-state index in [0.717, 1.165) is 23.5 Å². The van der Waals surface area contributed by atoms with E-state index in [1.54, 1.807) is 14.2 Å². The fraction of sp³-hybridized carbons (Fsp3) is 0.357. The quantitative estimate of drug-likeness (QED) is 0.836. The Kier molecular flexibility index (Phi) is 3.81. The minimum atomic E-state index is 0.453. The van der Waals surface area contributed by atoms with Crippen LogP contribution in [0.25, 0.3) is 11.0 Å². The lowest BCUT2D eigenvalue weighted by Gasteiger charge is -2.08. The second-order valence-electron chi connectivity index (χ2n) is 3.95. The standard InChI is InChI=1S/C14H17N3O2/c1-5-7-17-11-9-13(19-4)12(18-3)8-10(11)16-14(17)15-6-2/h1,8-9H,6-7H2,2-4H3,(H,15,16). The molecular formula is C14H17N3O2. The summed E-state index contributed by atoms with van der Waals surface area (Å²) in [5.41, 5.74) is 1.75. The van der Waals surface area contributed by atoms with Crippen LogP contribution in [0.4, 0.5) is 5.95 Å². The first-order valence-corrected chi connectivity index (χ1v) is 6.04. The predicted molar refractivity (Wildman–Crippen MR) is 75.8 cm³/mol. The van der Waals surface area contributed by atoms with Crippen LogP contribution in [-0.2, 0) is 6.54 Å². The maximum Gasteiger partial charge on any atom is 0.204 e. The van der Waals surface area contributed by atoms with Gasteiger partial charge < -0.3 is 14.8 Å². The van der Waals surface area contributed by atoms with Gasteiger partial charge in [-0.05, 0) is 6.92 Å². The summed E-state index contributed by atoms with van der Waals surface area (Å²) in [4.78, 5) is 4.53. The summed E-state index contributed by atoms with van der Waals surface area (Å²) in [7, 11) is 3.21. The molecule has 2 aromatic rings. The van der Waals surface area contributed by atoms with Gasteiger partial charge in [-0.15, -0.1) is 6.42 Å². The second-order valence-corrected chi connectivity index (χ2v) is 3.95. The van der Waals surface area contributed by atoms with Crippen LogP contribution in [0, 0.1) is 12.3 Å². The predicted octanol–water partition coefficient (Wildman–Crippen LogP) is 2.12. The summed E-state index contributed by atoms with van der Waals surface area (Å²) >= 11 is 0. The summed E-state index contributed by atoms with van der Waals surface area (Å²) in [5, 5.41) is 3.20. The summed E-state index contributed by atoms with van der Waals surface area (Å²) in [6.07, 6.45) is 5.42. The van der Waals surface area contributed by atoms with Gasteiger partial charge in [-0.1, -0.05) is 5.92 Å². The number of hydrogen-bond donors (Lipinski definition) is 1. The molecule has 0 radical (unpaired) electrons. The molecule has 0 amide bonds. The van der Waals surface area contributed by atoms with Crippen molar-refractivity contribution in [1.29, 1.82) is 0 Å². The van der Waals surface area contributed by atoms with Crippen LogP contribution in [0.5, 0.6) is 11.5 Å². The van der Waals surface area contributed by atoms with Gasteiger partial charge in [-0.2, -0.15) is 0 Å². The Morgan fingerprint density at radius 3 is 2.58 bits per heavy atom. The molecule has 0 bridgehead atoms. The van der Waals surface area contributed by atoms with Gasteiger partial charge in [0.1, 0.15) is 0 Å². The SMILES string of the molecule is C#CCn1c(NCC)nc2cc(OC)c(OC)cc21. The van der Waals surface area contributed by atoms with Crippen LogP contribution in [0.3, 0.4) is 0 Å². The van der Waals surface area contributed by atoms with E-state index >= 15 is 0 Å². The van der Waals surface area contributed by atoms with Gasteiger partial charge in [0.15, 0.2) is 11.5 Å². The maximum atomic E-state index is 5.42. The smallest absolute Gasteiger partial charge is 0.204 e. The van der Waals surface area contributed by atoms with Gasteiger partial charge in [-0.3, -0.25) is 4.57 Å². The van der Waals surface area contributed by atoms with Gasteiger partial charge >= 0.3 is 0 Å². The number of hydrogen-bond acceptors (Lipinski definition) is 4. The van der Waals surface area contributed by atoms with E-state index in [9.17, 15) is 0 Å². The first-order chi connectivity index (χ1) is 9.24. The zero-order valence-electron chi connectivity index (χ0n) is 11.4. The van der Waals surface area contributed by atoms with Crippen molar-refractivity contribution in [2.75, 3.05) is 26.1 Å². The number of benzene rings is 1. The molecule has 19 heavy (non-hydrogen) atoms. The van der Waals surface area contributed by atoms with E-state index in [2.05, 4.69) is 16.2 Å². The van der Waals surface area contributed by atoms with E-state index in [1.165, 1.54) is 0 Å². The number of ether oxygens (including phenoxy) is 2. The van der Waals surface area contributed by atoms with Crippen molar-refractivity contribution in [2.45, 2.75) is 13.5 Å². The highest BCUT2D eigenvalue weighted by atomic mass is 16.5. The van der Waals surface area contributed by atoms with E-state index in [0.29, 0.717) is 18.0 Å². The van der Waals surface area contributed by atoms with Crippen LogP contribution in [0.2, 0.25) is 0 Å². The monoisotopic (exact) mass is 259 g/mol. The summed E-state index contributed by atoms with van der Waals surface area (Å²) < 4.78 is 12.5. The number of aromatic nitrogens is 2. The molecule has 5 nitrogen and oxygen atoms in total. The third-order valence-corrected chi connectivity index (χ3v) is 2.84. The van der Waals surface area contributed by atoms with Crippen LogP contribution in [0.1, 0.15) is 6.92 Å². The number of anilines is 1. The van der Waals surface area contributed by atoms with Crippen molar-refractivity contribution in [2.24, 2.45) is 0 Å². The van der Waals surface area contributed by atoms with Crippen molar-refractivity contribution < 1.29 is 9.47 Å². The molecule has 2 rings (SSSR count). The normalized spacial score (nSPS) is 10.2. The van der Waals surface area contributed by atoms with Crippen molar-refractivity contribution >= 4 is 17.0 Å². The fourth-order valence-electron chi connectivity index (χ4n) is 2.00. The van der Waals surface area contributed by atoms with Gasteiger partial charge in [0.25, 0.3) is 0 Å². The first kappa shape index (κ1) is 13.1. The number of nitrogens with one attached hydrogen (secondary N) is 1. The maximum absolute atomic E-state index is 5.42. The minimum absolute atomic E-state index is 0.453. The van der Waals surface area contributed by atoms with Crippen LogP contribution >= 0.6 is 0 Å².